The summed E-state index contributed by atoms with van der Waals surface area (Å²) in [6.07, 6.45) is 1.99. The number of ether oxygens (including phenoxy) is 2. The molecule has 1 aliphatic rings. The van der Waals surface area contributed by atoms with Gasteiger partial charge in [0.15, 0.2) is 11.8 Å². The minimum Gasteiger partial charge on any atom is -0.479 e. The van der Waals surface area contributed by atoms with Crippen molar-refractivity contribution in [2.24, 2.45) is 0 Å². The van der Waals surface area contributed by atoms with Crippen LogP contribution >= 0.6 is 0 Å². The SMILES string of the molecule is COCC(C)(C)c1c([C@@H]2CC[C@@H](C(=O)O)OC2)c2nc3[nH]ncc3cc2n1-c1ccc(F)c(C)c1. The zero-order valence-corrected chi connectivity index (χ0v) is 20.3. The monoisotopic (exact) mass is 480 g/mol. The molecule has 4 aromatic rings. The van der Waals surface area contributed by atoms with Crippen molar-refractivity contribution in [3.63, 3.8) is 0 Å². The van der Waals surface area contributed by atoms with Crippen molar-refractivity contribution in [2.45, 2.75) is 51.0 Å². The fraction of sp³-hybridized carbons (Fsp3) is 0.423. The van der Waals surface area contributed by atoms with Crippen LogP contribution in [0.15, 0.2) is 30.5 Å². The topological polar surface area (TPSA) is 102 Å². The van der Waals surface area contributed by atoms with Crippen LogP contribution in [0.4, 0.5) is 4.39 Å². The molecule has 1 aromatic carbocycles. The largest absolute Gasteiger partial charge is 0.479 e. The van der Waals surface area contributed by atoms with Crippen molar-refractivity contribution >= 4 is 28.0 Å². The van der Waals surface area contributed by atoms with Gasteiger partial charge >= 0.3 is 5.97 Å². The number of pyridine rings is 1. The highest BCUT2D eigenvalue weighted by Crippen LogP contribution is 2.44. The summed E-state index contributed by atoms with van der Waals surface area (Å²) in [7, 11) is 1.67. The van der Waals surface area contributed by atoms with Crippen LogP contribution in [0.25, 0.3) is 27.8 Å². The summed E-state index contributed by atoms with van der Waals surface area (Å²) in [6.45, 7) is 6.69. The molecule has 5 rings (SSSR count). The molecule has 0 saturated carbocycles. The Hall–Kier alpha value is -3.30. The number of hydrogen-bond acceptors (Lipinski definition) is 5. The number of aromatic amines is 1. The predicted octanol–water partition coefficient (Wildman–Crippen LogP) is 4.62. The van der Waals surface area contributed by atoms with Crippen molar-refractivity contribution in [3.8, 4) is 5.69 Å². The Bertz CT molecular complexity index is 1420. The standard InChI is InChI=1S/C26H29FN4O4/c1-14-9-17(6-7-18(14)27)31-19-10-16-11-28-30-24(16)29-22(19)21(23(31)26(2,3)13-34-4)15-5-8-20(25(32)33)35-12-15/h6-7,9-11,15,20H,5,8,12-13H2,1-4H3,(H,32,33)(H,28,29,30)/t15-,20+/m1/s1. The summed E-state index contributed by atoms with van der Waals surface area (Å²) >= 11 is 0. The van der Waals surface area contributed by atoms with Crippen LogP contribution in [0.2, 0.25) is 0 Å². The number of H-pyrrole nitrogens is 1. The molecule has 0 bridgehead atoms. The van der Waals surface area contributed by atoms with Gasteiger partial charge < -0.3 is 19.1 Å². The normalized spacial score (nSPS) is 19.0. The summed E-state index contributed by atoms with van der Waals surface area (Å²) in [6, 6.07) is 7.13. The number of carboxylic acids is 1. The molecule has 0 aliphatic carbocycles. The molecule has 1 saturated heterocycles. The number of nitrogens with zero attached hydrogens (tertiary/aromatic N) is 3. The number of aryl methyl sites for hydroxylation is 1. The Morgan fingerprint density at radius 3 is 2.80 bits per heavy atom. The van der Waals surface area contributed by atoms with E-state index in [0.29, 0.717) is 30.7 Å². The maximum atomic E-state index is 14.2. The van der Waals surface area contributed by atoms with E-state index in [1.54, 1.807) is 26.3 Å². The van der Waals surface area contributed by atoms with Crippen LogP contribution in [-0.2, 0) is 19.7 Å². The number of halogens is 1. The van der Waals surface area contributed by atoms with Gasteiger partial charge in [-0.05, 0) is 49.6 Å². The molecule has 0 amide bonds. The zero-order valence-electron chi connectivity index (χ0n) is 20.3. The van der Waals surface area contributed by atoms with E-state index >= 15 is 0 Å². The number of methoxy groups -OCH3 is 1. The summed E-state index contributed by atoms with van der Waals surface area (Å²) in [5.74, 6) is -1.27. The van der Waals surface area contributed by atoms with E-state index in [2.05, 4.69) is 28.6 Å². The lowest BCUT2D eigenvalue weighted by Gasteiger charge is -2.32. The number of carboxylic acid groups (broad SMARTS) is 1. The van der Waals surface area contributed by atoms with Crippen molar-refractivity contribution in [1.29, 1.82) is 0 Å². The fourth-order valence-electron chi connectivity index (χ4n) is 5.28. The van der Waals surface area contributed by atoms with Gasteiger partial charge in [0.2, 0.25) is 0 Å². The minimum absolute atomic E-state index is 0.0603. The van der Waals surface area contributed by atoms with Gasteiger partial charge in [0.05, 0.1) is 30.4 Å². The first-order valence-electron chi connectivity index (χ1n) is 11.7. The number of carbonyl (C=O) groups is 1. The first-order chi connectivity index (χ1) is 16.7. The van der Waals surface area contributed by atoms with Crippen LogP contribution in [0.5, 0.6) is 0 Å². The number of aliphatic carboxylic acids is 1. The molecule has 2 atom stereocenters. The van der Waals surface area contributed by atoms with Crippen LogP contribution < -0.4 is 0 Å². The lowest BCUT2D eigenvalue weighted by Crippen LogP contribution is -2.33. The molecule has 8 nitrogen and oxygen atoms in total. The van der Waals surface area contributed by atoms with E-state index in [-0.39, 0.29) is 18.3 Å². The van der Waals surface area contributed by atoms with Crippen molar-refractivity contribution in [3.05, 3.63) is 53.1 Å². The molecular formula is C26H29FN4O4. The lowest BCUT2D eigenvalue weighted by atomic mass is 9.81. The van der Waals surface area contributed by atoms with Crippen molar-refractivity contribution < 1.29 is 23.8 Å². The molecule has 4 heterocycles. The van der Waals surface area contributed by atoms with E-state index in [1.807, 2.05) is 12.1 Å². The molecule has 35 heavy (non-hydrogen) atoms. The quantitative estimate of drug-likeness (QED) is 0.418. The van der Waals surface area contributed by atoms with Gasteiger partial charge in [-0.15, -0.1) is 0 Å². The average Bonchev–Trinajstić information content (AvgIpc) is 3.41. The molecular weight excluding hydrogens is 451 g/mol. The first-order valence-corrected chi connectivity index (χ1v) is 11.7. The lowest BCUT2D eigenvalue weighted by molar-refractivity contribution is -0.153. The third kappa shape index (κ3) is 3.98. The number of rotatable bonds is 6. The van der Waals surface area contributed by atoms with E-state index < -0.39 is 17.5 Å². The third-order valence-electron chi connectivity index (χ3n) is 6.89. The maximum Gasteiger partial charge on any atom is 0.332 e. The van der Waals surface area contributed by atoms with Gasteiger partial charge in [0.25, 0.3) is 0 Å². The minimum atomic E-state index is -0.940. The summed E-state index contributed by atoms with van der Waals surface area (Å²) in [5.41, 5.74) is 5.27. The third-order valence-corrected chi connectivity index (χ3v) is 6.89. The van der Waals surface area contributed by atoms with Gasteiger partial charge in [0, 0.05) is 40.8 Å². The molecule has 0 radical (unpaired) electrons. The summed E-state index contributed by atoms with van der Waals surface area (Å²) < 4.78 is 27.8. The maximum absolute atomic E-state index is 14.2. The van der Waals surface area contributed by atoms with E-state index in [9.17, 15) is 14.3 Å². The van der Waals surface area contributed by atoms with Crippen molar-refractivity contribution in [1.82, 2.24) is 19.7 Å². The van der Waals surface area contributed by atoms with E-state index in [1.165, 1.54) is 6.07 Å². The zero-order chi connectivity index (χ0) is 24.9. The van der Waals surface area contributed by atoms with E-state index in [0.717, 1.165) is 33.4 Å². The Balaban J connectivity index is 1.83. The molecule has 2 N–H and O–H groups in total. The predicted molar refractivity (Wildman–Crippen MR) is 130 cm³/mol. The second-order valence-electron chi connectivity index (χ2n) is 9.95. The Labute approximate surface area is 202 Å². The molecule has 3 aromatic heterocycles. The number of fused-ring (bicyclic) bond motifs is 2. The van der Waals surface area contributed by atoms with Gasteiger partial charge in [-0.1, -0.05) is 13.8 Å². The molecule has 0 unspecified atom stereocenters. The van der Waals surface area contributed by atoms with Gasteiger partial charge in [-0.25, -0.2) is 14.2 Å². The summed E-state index contributed by atoms with van der Waals surface area (Å²) in [5, 5.41) is 17.4. The van der Waals surface area contributed by atoms with E-state index in [4.69, 9.17) is 14.5 Å². The highest BCUT2D eigenvalue weighted by Gasteiger charge is 2.38. The number of benzene rings is 1. The van der Waals surface area contributed by atoms with Gasteiger partial charge in [-0.3, -0.25) is 5.10 Å². The second kappa shape index (κ2) is 8.73. The van der Waals surface area contributed by atoms with Crippen molar-refractivity contribution in [2.75, 3.05) is 20.3 Å². The highest BCUT2D eigenvalue weighted by molar-refractivity contribution is 5.94. The highest BCUT2D eigenvalue weighted by atomic mass is 19.1. The van der Waals surface area contributed by atoms with Crippen LogP contribution in [0, 0.1) is 12.7 Å². The Morgan fingerprint density at radius 1 is 1.34 bits per heavy atom. The van der Waals surface area contributed by atoms with Crippen LogP contribution in [0.3, 0.4) is 0 Å². The molecule has 1 fully saturated rings. The Morgan fingerprint density at radius 2 is 2.14 bits per heavy atom. The second-order valence-corrected chi connectivity index (χ2v) is 9.95. The summed E-state index contributed by atoms with van der Waals surface area (Å²) in [4.78, 5) is 16.4. The van der Waals surface area contributed by atoms with Gasteiger partial charge in [-0.2, -0.15) is 5.10 Å². The molecule has 1 aliphatic heterocycles. The van der Waals surface area contributed by atoms with Crippen LogP contribution in [-0.4, -0.2) is 57.3 Å². The first kappa shape index (κ1) is 23.4. The van der Waals surface area contributed by atoms with Gasteiger partial charge in [0.1, 0.15) is 5.82 Å². The number of hydrogen-bond donors (Lipinski definition) is 2. The van der Waals surface area contributed by atoms with Crippen LogP contribution in [0.1, 0.15) is 49.4 Å². The average molecular weight is 481 g/mol. The number of nitrogens with one attached hydrogen (secondary N) is 1. The number of aromatic nitrogens is 4. The molecule has 184 valence electrons. The Kier molecular flexibility index (Phi) is 5.85. The fourth-order valence-corrected chi connectivity index (χ4v) is 5.28. The molecule has 0 spiro atoms. The molecule has 9 heteroatoms. The smallest absolute Gasteiger partial charge is 0.332 e.